The minimum atomic E-state index is 0.0718. The molecule has 3 heteroatoms. The fourth-order valence-corrected chi connectivity index (χ4v) is 2.37. The first-order valence-electron chi connectivity index (χ1n) is 5.37. The number of likely N-dealkylation sites (tertiary alicyclic amines) is 1. The lowest BCUT2D eigenvalue weighted by atomic mass is 10.4. The predicted molar refractivity (Wildman–Crippen MR) is 55.0 cm³/mol. The van der Waals surface area contributed by atoms with Gasteiger partial charge in [-0.25, -0.2) is 0 Å². The predicted octanol–water partition coefficient (Wildman–Crippen LogP) is 1.11. The maximum absolute atomic E-state index is 5.40. The van der Waals surface area contributed by atoms with E-state index in [4.69, 9.17) is 9.47 Å². The zero-order valence-electron chi connectivity index (χ0n) is 8.65. The summed E-state index contributed by atoms with van der Waals surface area (Å²) >= 11 is 0. The summed E-state index contributed by atoms with van der Waals surface area (Å²) in [7, 11) is 0. The van der Waals surface area contributed by atoms with Crippen molar-refractivity contribution in [2.45, 2.75) is 12.7 Å². The SMILES string of the molecule is C1COC(CN2CC3CC3C2)O1.C=C. The summed E-state index contributed by atoms with van der Waals surface area (Å²) in [4.78, 5) is 2.48. The molecule has 0 aromatic rings. The number of hydrogen-bond donors (Lipinski definition) is 0. The zero-order valence-corrected chi connectivity index (χ0v) is 8.65. The summed E-state index contributed by atoms with van der Waals surface area (Å²) in [6.45, 7) is 11.1. The highest BCUT2D eigenvalue weighted by molar-refractivity contribution is 4.96. The van der Waals surface area contributed by atoms with Gasteiger partial charge in [-0.3, -0.25) is 4.90 Å². The third-order valence-corrected chi connectivity index (χ3v) is 3.15. The first kappa shape index (κ1) is 10.1. The Bertz CT molecular complexity index is 182. The molecule has 0 radical (unpaired) electrons. The average Bonchev–Trinajstić information content (AvgIpc) is 2.70. The molecule has 2 atom stereocenters. The Morgan fingerprint density at radius 1 is 1.07 bits per heavy atom. The molecule has 3 aliphatic rings. The molecule has 3 rings (SSSR count). The van der Waals surface area contributed by atoms with Gasteiger partial charge >= 0.3 is 0 Å². The van der Waals surface area contributed by atoms with Crippen LogP contribution < -0.4 is 0 Å². The van der Waals surface area contributed by atoms with Crippen molar-refractivity contribution in [1.29, 1.82) is 0 Å². The molecular weight excluding hydrogens is 178 g/mol. The molecule has 0 aromatic carbocycles. The second kappa shape index (κ2) is 4.43. The van der Waals surface area contributed by atoms with Gasteiger partial charge in [-0.2, -0.15) is 0 Å². The van der Waals surface area contributed by atoms with E-state index in [1.54, 1.807) is 0 Å². The highest BCUT2D eigenvalue weighted by Gasteiger charge is 2.45. The molecule has 0 N–H and O–H groups in total. The number of piperidine rings is 1. The van der Waals surface area contributed by atoms with Crippen molar-refractivity contribution in [3.63, 3.8) is 0 Å². The van der Waals surface area contributed by atoms with Gasteiger partial charge < -0.3 is 9.47 Å². The summed E-state index contributed by atoms with van der Waals surface area (Å²) in [5.74, 6) is 2.04. The van der Waals surface area contributed by atoms with Gasteiger partial charge in [-0.15, -0.1) is 13.2 Å². The van der Waals surface area contributed by atoms with E-state index in [-0.39, 0.29) is 6.29 Å². The second-order valence-corrected chi connectivity index (χ2v) is 4.15. The number of hydrogen-bond acceptors (Lipinski definition) is 3. The van der Waals surface area contributed by atoms with Gasteiger partial charge in [0.25, 0.3) is 0 Å². The Kier molecular flexibility index (Phi) is 3.21. The van der Waals surface area contributed by atoms with Crippen molar-refractivity contribution in [2.75, 3.05) is 32.8 Å². The number of ether oxygens (including phenoxy) is 2. The van der Waals surface area contributed by atoms with Crippen molar-refractivity contribution in [3.05, 3.63) is 13.2 Å². The summed E-state index contributed by atoms with van der Waals surface area (Å²) in [6, 6.07) is 0. The lowest BCUT2D eigenvalue weighted by molar-refractivity contribution is -0.0600. The highest BCUT2D eigenvalue weighted by Crippen LogP contribution is 2.44. The van der Waals surface area contributed by atoms with E-state index in [1.807, 2.05) is 0 Å². The molecule has 0 amide bonds. The Morgan fingerprint density at radius 2 is 1.64 bits per heavy atom. The molecule has 2 aliphatic heterocycles. The Balaban J connectivity index is 0.000000354. The molecule has 0 bridgehead atoms. The first-order valence-corrected chi connectivity index (χ1v) is 5.37. The van der Waals surface area contributed by atoms with Crippen molar-refractivity contribution >= 4 is 0 Å². The fourth-order valence-electron chi connectivity index (χ4n) is 2.37. The largest absolute Gasteiger partial charge is 0.349 e. The van der Waals surface area contributed by atoms with E-state index in [0.717, 1.165) is 31.6 Å². The molecule has 2 saturated heterocycles. The van der Waals surface area contributed by atoms with Crippen LogP contribution in [0.1, 0.15) is 6.42 Å². The van der Waals surface area contributed by atoms with E-state index < -0.39 is 0 Å². The van der Waals surface area contributed by atoms with Gasteiger partial charge in [0, 0.05) is 19.6 Å². The van der Waals surface area contributed by atoms with Gasteiger partial charge in [0.1, 0.15) is 0 Å². The maximum atomic E-state index is 5.40. The van der Waals surface area contributed by atoms with Crippen LogP contribution in [0.2, 0.25) is 0 Å². The average molecular weight is 197 g/mol. The van der Waals surface area contributed by atoms with E-state index in [1.165, 1.54) is 19.5 Å². The van der Waals surface area contributed by atoms with E-state index >= 15 is 0 Å². The Labute approximate surface area is 85.7 Å². The van der Waals surface area contributed by atoms with Crippen LogP contribution in [0, 0.1) is 11.8 Å². The summed E-state index contributed by atoms with van der Waals surface area (Å²) < 4.78 is 10.8. The third kappa shape index (κ3) is 2.16. The maximum Gasteiger partial charge on any atom is 0.170 e. The fraction of sp³-hybridized carbons (Fsp3) is 0.818. The molecule has 2 heterocycles. The van der Waals surface area contributed by atoms with Crippen molar-refractivity contribution < 1.29 is 9.47 Å². The van der Waals surface area contributed by atoms with Crippen LogP contribution in [0.5, 0.6) is 0 Å². The van der Waals surface area contributed by atoms with Gasteiger partial charge in [0.15, 0.2) is 6.29 Å². The molecule has 14 heavy (non-hydrogen) atoms. The zero-order chi connectivity index (χ0) is 9.97. The molecule has 1 aliphatic carbocycles. The molecule has 0 spiro atoms. The van der Waals surface area contributed by atoms with Crippen LogP contribution in [0.15, 0.2) is 13.2 Å². The molecule has 2 unspecified atom stereocenters. The van der Waals surface area contributed by atoms with Crippen LogP contribution in [0.3, 0.4) is 0 Å². The normalized spacial score (nSPS) is 36.3. The molecule has 3 nitrogen and oxygen atoms in total. The van der Waals surface area contributed by atoms with Gasteiger partial charge in [0.05, 0.1) is 13.2 Å². The molecule has 80 valence electrons. The summed E-state index contributed by atoms with van der Waals surface area (Å²) in [6.07, 6.45) is 1.55. The van der Waals surface area contributed by atoms with Crippen LogP contribution in [0.4, 0.5) is 0 Å². The van der Waals surface area contributed by atoms with Gasteiger partial charge in [-0.1, -0.05) is 0 Å². The first-order chi connectivity index (χ1) is 6.92. The minimum Gasteiger partial charge on any atom is -0.349 e. The lowest BCUT2D eigenvalue weighted by Gasteiger charge is -2.20. The lowest BCUT2D eigenvalue weighted by Crippen LogP contribution is -2.32. The van der Waals surface area contributed by atoms with Gasteiger partial charge in [0.2, 0.25) is 0 Å². The number of rotatable bonds is 2. The van der Waals surface area contributed by atoms with Crippen molar-refractivity contribution in [3.8, 4) is 0 Å². The smallest absolute Gasteiger partial charge is 0.170 e. The summed E-state index contributed by atoms with van der Waals surface area (Å²) in [5, 5.41) is 0. The quantitative estimate of drug-likeness (QED) is 0.619. The van der Waals surface area contributed by atoms with Crippen LogP contribution in [-0.4, -0.2) is 44.0 Å². The third-order valence-electron chi connectivity index (χ3n) is 3.15. The number of fused-ring (bicyclic) bond motifs is 1. The molecule has 3 fully saturated rings. The van der Waals surface area contributed by atoms with Crippen LogP contribution in [0.25, 0.3) is 0 Å². The second-order valence-electron chi connectivity index (χ2n) is 4.15. The molecule has 1 saturated carbocycles. The van der Waals surface area contributed by atoms with Crippen LogP contribution >= 0.6 is 0 Å². The van der Waals surface area contributed by atoms with E-state index in [9.17, 15) is 0 Å². The Morgan fingerprint density at radius 3 is 2.21 bits per heavy atom. The van der Waals surface area contributed by atoms with E-state index in [2.05, 4.69) is 18.1 Å². The monoisotopic (exact) mass is 197 g/mol. The van der Waals surface area contributed by atoms with Crippen molar-refractivity contribution in [2.24, 2.45) is 11.8 Å². The minimum absolute atomic E-state index is 0.0718. The number of nitrogens with zero attached hydrogens (tertiary/aromatic N) is 1. The topological polar surface area (TPSA) is 21.7 Å². The van der Waals surface area contributed by atoms with Crippen LogP contribution in [-0.2, 0) is 9.47 Å². The van der Waals surface area contributed by atoms with Gasteiger partial charge in [-0.05, 0) is 18.3 Å². The standard InChI is InChI=1S/C9H15NO2.C2H4/c1-2-12-9(11-1)6-10-4-7-3-8(7)5-10;1-2/h7-9H,1-6H2;1-2H2. The highest BCUT2D eigenvalue weighted by atomic mass is 16.7. The Hall–Kier alpha value is -0.380. The van der Waals surface area contributed by atoms with E-state index in [0.29, 0.717) is 0 Å². The molecular formula is C11H19NO2. The van der Waals surface area contributed by atoms with Crippen molar-refractivity contribution in [1.82, 2.24) is 4.90 Å². The molecule has 0 aromatic heterocycles. The summed E-state index contributed by atoms with van der Waals surface area (Å²) in [5.41, 5.74) is 0.